The van der Waals surface area contributed by atoms with Crippen LogP contribution in [0.25, 0.3) is 16.7 Å². The second-order valence-electron chi connectivity index (χ2n) is 7.00. The van der Waals surface area contributed by atoms with Crippen molar-refractivity contribution in [2.75, 3.05) is 6.79 Å². The van der Waals surface area contributed by atoms with Crippen molar-refractivity contribution in [2.24, 2.45) is 7.05 Å². The van der Waals surface area contributed by atoms with E-state index in [2.05, 4.69) is 10.3 Å². The first kappa shape index (κ1) is 17.3. The second-order valence-corrected chi connectivity index (χ2v) is 7.00. The molecule has 0 aliphatic carbocycles. The first-order valence-corrected chi connectivity index (χ1v) is 9.17. The second kappa shape index (κ2) is 6.37. The number of rotatable bonds is 3. The number of carbonyl (C=O) groups is 1. The molecular formula is C21H18N4O4. The Kier molecular flexibility index (Phi) is 3.80. The van der Waals surface area contributed by atoms with Gasteiger partial charge in [-0.05, 0) is 42.3 Å². The first-order valence-electron chi connectivity index (χ1n) is 9.17. The molecule has 1 aromatic carbocycles. The lowest BCUT2D eigenvalue weighted by atomic mass is 10.2. The summed E-state index contributed by atoms with van der Waals surface area (Å²) < 4.78 is 13.8. The minimum atomic E-state index is -0.284. The summed E-state index contributed by atoms with van der Waals surface area (Å²) in [6, 6.07) is 10.8. The van der Waals surface area contributed by atoms with Crippen molar-refractivity contribution in [2.45, 2.75) is 13.5 Å². The summed E-state index contributed by atoms with van der Waals surface area (Å²) in [5.74, 6) is 1.08. The summed E-state index contributed by atoms with van der Waals surface area (Å²) in [5.41, 5.74) is 3.02. The summed E-state index contributed by atoms with van der Waals surface area (Å²) in [4.78, 5) is 30.3. The zero-order chi connectivity index (χ0) is 20.1. The van der Waals surface area contributed by atoms with Crippen LogP contribution in [0, 0.1) is 6.92 Å². The third kappa shape index (κ3) is 2.72. The first-order chi connectivity index (χ1) is 14.0. The monoisotopic (exact) mass is 390 g/mol. The SMILES string of the molecule is Cc1cccn2c(=O)c3cc(C(=O)NCc4ccc5c(c4)OCO5)n(C)c3nc12. The van der Waals surface area contributed by atoms with E-state index >= 15 is 0 Å². The van der Waals surface area contributed by atoms with Crippen LogP contribution in [0.3, 0.4) is 0 Å². The third-order valence-electron chi connectivity index (χ3n) is 5.15. The number of carbonyl (C=O) groups excluding carboxylic acids is 1. The van der Waals surface area contributed by atoms with Gasteiger partial charge in [-0.3, -0.25) is 14.0 Å². The lowest BCUT2D eigenvalue weighted by Gasteiger charge is -2.07. The molecular weight excluding hydrogens is 372 g/mol. The standard InChI is InChI=1S/C21H18N4O4/c1-12-4-3-7-25-18(12)23-19-14(21(25)27)9-15(24(19)2)20(26)22-10-13-5-6-16-17(8-13)29-11-28-16/h3-9H,10-11H2,1-2H3,(H,22,26). The van der Waals surface area contributed by atoms with Gasteiger partial charge >= 0.3 is 0 Å². The summed E-state index contributed by atoms with van der Waals surface area (Å²) in [7, 11) is 1.74. The van der Waals surface area contributed by atoms with E-state index in [1.807, 2.05) is 31.2 Å². The highest BCUT2D eigenvalue weighted by molar-refractivity contribution is 5.98. The van der Waals surface area contributed by atoms with Crippen molar-refractivity contribution < 1.29 is 14.3 Å². The molecule has 4 aromatic rings. The normalized spacial score (nSPS) is 12.6. The van der Waals surface area contributed by atoms with Crippen molar-refractivity contribution in [3.8, 4) is 11.5 Å². The highest BCUT2D eigenvalue weighted by atomic mass is 16.7. The maximum absolute atomic E-state index is 12.9. The van der Waals surface area contributed by atoms with Crippen LogP contribution in [0.1, 0.15) is 21.6 Å². The largest absolute Gasteiger partial charge is 0.454 e. The number of aryl methyl sites for hydroxylation is 2. The fourth-order valence-electron chi connectivity index (χ4n) is 3.57. The minimum Gasteiger partial charge on any atom is -0.454 e. The van der Waals surface area contributed by atoms with Crippen LogP contribution in [0.2, 0.25) is 0 Å². The maximum atomic E-state index is 12.9. The van der Waals surface area contributed by atoms with E-state index in [9.17, 15) is 9.59 Å². The van der Waals surface area contributed by atoms with Crippen molar-refractivity contribution in [1.29, 1.82) is 0 Å². The Morgan fingerprint density at radius 1 is 1.17 bits per heavy atom. The molecule has 3 aromatic heterocycles. The van der Waals surface area contributed by atoms with Gasteiger partial charge < -0.3 is 19.4 Å². The van der Waals surface area contributed by atoms with Gasteiger partial charge in [-0.1, -0.05) is 12.1 Å². The number of hydrogen-bond acceptors (Lipinski definition) is 5. The van der Waals surface area contributed by atoms with Crippen LogP contribution in [0.5, 0.6) is 11.5 Å². The van der Waals surface area contributed by atoms with E-state index in [-0.39, 0.29) is 18.3 Å². The Hall–Kier alpha value is -3.81. The van der Waals surface area contributed by atoms with Gasteiger partial charge in [-0.15, -0.1) is 0 Å². The summed E-state index contributed by atoms with van der Waals surface area (Å²) in [6.07, 6.45) is 1.68. The summed E-state index contributed by atoms with van der Waals surface area (Å²) in [6.45, 7) is 2.43. The molecule has 146 valence electrons. The van der Waals surface area contributed by atoms with Gasteiger partial charge in [-0.2, -0.15) is 0 Å². The van der Waals surface area contributed by atoms with Gasteiger partial charge in [0.15, 0.2) is 11.5 Å². The van der Waals surface area contributed by atoms with Gasteiger partial charge in [0.25, 0.3) is 11.5 Å². The fourth-order valence-corrected chi connectivity index (χ4v) is 3.57. The Labute approximate surface area is 165 Å². The molecule has 8 heteroatoms. The van der Waals surface area contributed by atoms with Crippen LogP contribution in [0.4, 0.5) is 0 Å². The highest BCUT2D eigenvalue weighted by Gasteiger charge is 2.19. The van der Waals surface area contributed by atoms with Crippen molar-refractivity contribution in [3.63, 3.8) is 0 Å². The lowest BCUT2D eigenvalue weighted by molar-refractivity contribution is 0.0943. The maximum Gasteiger partial charge on any atom is 0.268 e. The average Bonchev–Trinajstić information content (AvgIpc) is 3.32. The van der Waals surface area contributed by atoms with Crippen molar-refractivity contribution >= 4 is 22.6 Å². The smallest absolute Gasteiger partial charge is 0.268 e. The highest BCUT2D eigenvalue weighted by Crippen LogP contribution is 2.32. The molecule has 1 amide bonds. The molecule has 1 N–H and O–H groups in total. The van der Waals surface area contributed by atoms with Gasteiger partial charge in [0.05, 0.1) is 5.39 Å². The van der Waals surface area contributed by atoms with Crippen molar-refractivity contribution in [1.82, 2.24) is 19.3 Å². The molecule has 4 heterocycles. The molecule has 0 radical (unpaired) electrons. The minimum absolute atomic E-state index is 0.195. The van der Waals surface area contributed by atoms with E-state index in [0.717, 1.165) is 11.1 Å². The van der Waals surface area contributed by atoms with Crippen LogP contribution in [-0.2, 0) is 13.6 Å². The number of aromatic nitrogens is 3. The Morgan fingerprint density at radius 3 is 2.86 bits per heavy atom. The number of amides is 1. The average molecular weight is 390 g/mol. The number of hydrogen-bond donors (Lipinski definition) is 1. The van der Waals surface area contributed by atoms with Crippen LogP contribution in [-0.4, -0.2) is 26.7 Å². The third-order valence-corrected chi connectivity index (χ3v) is 5.15. The van der Waals surface area contributed by atoms with Gasteiger partial charge in [0.2, 0.25) is 6.79 Å². The summed E-state index contributed by atoms with van der Waals surface area (Å²) in [5, 5.41) is 3.29. The molecule has 0 saturated heterocycles. The van der Waals surface area contributed by atoms with Crippen molar-refractivity contribution in [3.05, 3.63) is 69.8 Å². The molecule has 1 aliphatic rings. The van der Waals surface area contributed by atoms with E-state index < -0.39 is 0 Å². The predicted molar refractivity (Wildman–Crippen MR) is 106 cm³/mol. The van der Waals surface area contributed by atoms with Crippen LogP contribution >= 0.6 is 0 Å². The van der Waals surface area contributed by atoms with Gasteiger partial charge in [-0.25, -0.2) is 4.98 Å². The molecule has 0 fully saturated rings. The van der Waals surface area contributed by atoms with E-state index in [4.69, 9.17) is 9.47 Å². The molecule has 0 atom stereocenters. The molecule has 1 aliphatic heterocycles. The number of benzene rings is 1. The summed E-state index contributed by atoms with van der Waals surface area (Å²) >= 11 is 0. The number of pyridine rings is 1. The van der Waals surface area contributed by atoms with E-state index in [1.165, 1.54) is 4.40 Å². The molecule has 0 unspecified atom stereocenters. The molecule has 8 nitrogen and oxygen atoms in total. The Balaban J connectivity index is 1.48. The lowest BCUT2D eigenvalue weighted by Crippen LogP contribution is -2.24. The van der Waals surface area contributed by atoms with Gasteiger partial charge in [0.1, 0.15) is 17.0 Å². The van der Waals surface area contributed by atoms with Gasteiger partial charge in [0, 0.05) is 19.8 Å². The quantitative estimate of drug-likeness (QED) is 0.579. The zero-order valence-corrected chi connectivity index (χ0v) is 15.9. The predicted octanol–water partition coefficient (Wildman–Crippen LogP) is 2.15. The van der Waals surface area contributed by atoms with E-state index in [0.29, 0.717) is 40.4 Å². The topological polar surface area (TPSA) is 86.9 Å². The zero-order valence-electron chi connectivity index (χ0n) is 15.9. The molecule has 0 saturated carbocycles. The molecule has 29 heavy (non-hydrogen) atoms. The number of fused-ring (bicyclic) bond motifs is 3. The Bertz CT molecular complexity index is 1350. The van der Waals surface area contributed by atoms with E-state index in [1.54, 1.807) is 29.9 Å². The van der Waals surface area contributed by atoms with Crippen LogP contribution < -0.4 is 20.3 Å². The molecule has 0 spiro atoms. The number of nitrogens with zero attached hydrogens (tertiary/aromatic N) is 3. The Morgan fingerprint density at radius 2 is 2.00 bits per heavy atom. The molecule has 0 bridgehead atoms. The number of ether oxygens (including phenoxy) is 2. The fraction of sp³-hybridized carbons (Fsp3) is 0.190. The van der Waals surface area contributed by atoms with Crippen LogP contribution in [0.15, 0.2) is 47.4 Å². The number of nitrogens with one attached hydrogen (secondary N) is 1. The molecule has 5 rings (SSSR count).